The molecule has 0 saturated carbocycles. The molecule has 1 aromatic heterocycles. The lowest BCUT2D eigenvalue weighted by atomic mass is 10.0. The Morgan fingerprint density at radius 3 is 2.29 bits per heavy atom. The van der Waals surface area contributed by atoms with Crippen LogP contribution in [0.3, 0.4) is 0 Å². The molecule has 4 rings (SSSR count). The van der Waals surface area contributed by atoms with Gasteiger partial charge in [0.15, 0.2) is 5.82 Å². The molecule has 0 radical (unpaired) electrons. The second-order valence-corrected chi connectivity index (χ2v) is 7.08. The molecule has 2 fully saturated rings. The molecule has 0 unspecified atom stereocenters. The zero-order valence-electron chi connectivity index (χ0n) is 14.4. The fraction of sp³-hybridized carbons (Fsp3) is 0.579. The minimum Gasteiger partial charge on any atom is -0.338 e. The molecule has 5 heteroatoms. The largest absolute Gasteiger partial charge is 0.338 e. The Morgan fingerprint density at radius 1 is 1.00 bits per heavy atom. The predicted octanol–water partition coefficient (Wildman–Crippen LogP) is 3.01. The van der Waals surface area contributed by atoms with Gasteiger partial charge in [-0.3, -0.25) is 9.80 Å². The molecule has 0 spiro atoms. The number of benzene rings is 1. The van der Waals surface area contributed by atoms with Gasteiger partial charge in [0, 0.05) is 18.6 Å². The first-order valence-corrected chi connectivity index (χ1v) is 9.11. The van der Waals surface area contributed by atoms with Gasteiger partial charge < -0.3 is 4.52 Å². The molecule has 0 amide bonds. The zero-order valence-corrected chi connectivity index (χ0v) is 14.4. The molecule has 2 saturated heterocycles. The highest BCUT2D eigenvalue weighted by atomic mass is 16.5. The molecular weight excluding hydrogens is 300 g/mol. The summed E-state index contributed by atoms with van der Waals surface area (Å²) >= 11 is 0. The number of nitrogens with zero attached hydrogens (tertiary/aromatic N) is 4. The van der Waals surface area contributed by atoms with Gasteiger partial charge in [0.1, 0.15) is 0 Å². The van der Waals surface area contributed by atoms with Crippen LogP contribution in [0.1, 0.15) is 43.0 Å². The molecule has 1 aromatic carbocycles. The average molecular weight is 326 g/mol. The van der Waals surface area contributed by atoms with E-state index in [1.54, 1.807) is 0 Å². The van der Waals surface area contributed by atoms with Crippen LogP contribution >= 0.6 is 0 Å². The van der Waals surface area contributed by atoms with Crippen molar-refractivity contribution in [3.05, 3.63) is 47.6 Å². The summed E-state index contributed by atoms with van der Waals surface area (Å²) in [4.78, 5) is 9.62. The molecule has 0 N–H and O–H groups in total. The van der Waals surface area contributed by atoms with E-state index in [2.05, 4.69) is 50.3 Å². The van der Waals surface area contributed by atoms with Gasteiger partial charge >= 0.3 is 0 Å². The minimum atomic E-state index is 0.614. The van der Waals surface area contributed by atoms with E-state index in [9.17, 15) is 0 Å². The van der Waals surface area contributed by atoms with Crippen molar-refractivity contribution < 1.29 is 4.52 Å². The van der Waals surface area contributed by atoms with E-state index in [1.165, 1.54) is 37.8 Å². The minimum absolute atomic E-state index is 0.614. The van der Waals surface area contributed by atoms with Crippen LogP contribution in [0.5, 0.6) is 0 Å². The van der Waals surface area contributed by atoms with E-state index < -0.39 is 0 Å². The van der Waals surface area contributed by atoms with E-state index in [-0.39, 0.29) is 0 Å². The maximum absolute atomic E-state index is 5.34. The van der Waals surface area contributed by atoms with Crippen molar-refractivity contribution >= 4 is 0 Å². The molecule has 2 aliphatic rings. The molecule has 128 valence electrons. The summed E-state index contributed by atoms with van der Waals surface area (Å²) in [6.07, 6.45) is 5.16. The highest BCUT2D eigenvalue weighted by Crippen LogP contribution is 2.31. The standard InChI is InChI=1S/C19H26N4O/c1-15-20-19(24-21-15)14-23-12-6-10-18(23)17-9-5-11-22(17)13-16-7-3-2-4-8-16/h2-4,7-8,17-18H,5-6,9-14H2,1H3/t17-,18+/m1/s1. The molecular formula is C19H26N4O. The topological polar surface area (TPSA) is 45.4 Å². The van der Waals surface area contributed by atoms with Gasteiger partial charge in [-0.25, -0.2) is 0 Å². The zero-order chi connectivity index (χ0) is 16.4. The summed E-state index contributed by atoms with van der Waals surface area (Å²) in [6.45, 7) is 6.09. The van der Waals surface area contributed by atoms with Crippen molar-refractivity contribution in [2.24, 2.45) is 0 Å². The molecule has 0 bridgehead atoms. The Morgan fingerprint density at radius 2 is 1.67 bits per heavy atom. The molecule has 0 aliphatic carbocycles. The maximum Gasteiger partial charge on any atom is 0.240 e. The third kappa shape index (κ3) is 3.37. The Labute approximate surface area is 143 Å². The van der Waals surface area contributed by atoms with E-state index in [0.717, 1.165) is 31.3 Å². The van der Waals surface area contributed by atoms with Gasteiger partial charge in [-0.05, 0) is 51.3 Å². The van der Waals surface area contributed by atoms with Gasteiger partial charge in [0.2, 0.25) is 5.89 Å². The van der Waals surface area contributed by atoms with Crippen molar-refractivity contribution in [3.8, 4) is 0 Å². The molecule has 2 aromatic rings. The van der Waals surface area contributed by atoms with E-state index >= 15 is 0 Å². The highest BCUT2D eigenvalue weighted by molar-refractivity contribution is 5.15. The first kappa shape index (κ1) is 15.8. The van der Waals surface area contributed by atoms with Crippen LogP contribution in [0.15, 0.2) is 34.9 Å². The smallest absolute Gasteiger partial charge is 0.240 e. The first-order chi connectivity index (χ1) is 11.8. The van der Waals surface area contributed by atoms with Crippen LogP contribution in [-0.4, -0.2) is 45.1 Å². The van der Waals surface area contributed by atoms with Gasteiger partial charge in [-0.2, -0.15) is 4.98 Å². The number of aryl methyl sites for hydroxylation is 1. The fourth-order valence-electron chi connectivity index (χ4n) is 4.36. The van der Waals surface area contributed by atoms with E-state index in [4.69, 9.17) is 4.52 Å². The Balaban J connectivity index is 1.44. The van der Waals surface area contributed by atoms with Crippen LogP contribution in [0.4, 0.5) is 0 Å². The van der Waals surface area contributed by atoms with E-state index in [0.29, 0.717) is 12.1 Å². The molecule has 2 atom stereocenters. The Kier molecular flexibility index (Phi) is 4.63. The number of likely N-dealkylation sites (tertiary alicyclic amines) is 2. The summed E-state index contributed by atoms with van der Waals surface area (Å²) < 4.78 is 5.34. The lowest BCUT2D eigenvalue weighted by molar-refractivity contribution is 0.115. The lowest BCUT2D eigenvalue weighted by Gasteiger charge is -2.34. The van der Waals surface area contributed by atoms with Gasteiger partial charge in [-0.1, -0.05) is 35.5 Å². The predicted molar refractivity (Wildman–Crippen MR) is 92.3 cm³/mol. The molecule has 5 nitrogen and oxygen atoms in total. The normalized spacial score (nSPS) is 25.5. The molecule has 3 heterocycles. The quantitative estimate of drug-likeness (QED) is 0.845. The van der Waals surface area contributed by atoms with E-state index in [1.807, 2.05) is 6.92 Å². The summed E-state index contributed by atoms with van der Waals surface area (Å²) in [5.41, 5.74) is 1.42. The fourth-order valence-corrected chi connectivity index (χ4v) is 4.36. The summed E-state index contributed by atoms with van der Waals surface area (Å²) in [5.74, 6) is 1.49. The Hall–Kier alpha value is -1.72. The number of hydrogen-bond acceptors (Lipinski definition) is 5. The Bertz CT molecular complexity index is 656. The molecule has 2 aliphatic heterocycles. The van der Waals surface area contributed by atoms with Crippen LogP contribution in [-0.2, 0) is 13.1 Å². The van der Waals surface area contributed by atoms with Crippen molar-refractivity contribution in [3.63, 3.8) is 0 Å². The third-order valence-corrected chi connectivity index (χ3v) is 5.41. The van der Waals surface area contributed by atoms with Gasteiger partial charge in [0.05, 0.1) is 6.54 Å². The third-order valence-electron chi connectivity index (χ3n) is 5.41. The number of rotatable bonds is 5. The second-order valence-electron chi connectivity index (χ2n) is 7.08. The average Bonchev–Trinajstić information content (AvgIpc) is 3.31. The van der Waals surface area contributed by atoms with Crippen molar-refractivity contribution in [2.45, 2.75) is 57.8 Å². The SMILES string of the molecule is Cc1noc(CN2CCC[C@H]2[C@H]2CCCN2Cc2ccccc2)n1. The summed E-state index contributed by atoms with van der Waals surface area (Å²) in [7, 11) is 0. The van der Waals surface area contributed by atoms with Gasteiger partial charge in [-0.15, -0.1) is 0 Å². The summed E-state index contributed by atoms with van der Waals surface area (Å²) in [5, 5.41) is 3.93. The number of hydrogen-bond donors (Lipinski definition) is 0. The maximum atomic E-state index is 5.34. The van der Waals surface area contributed by atoms with Crippen molar-refractivity contribution in [2.75, 3.05) is 13.1 Å². The lowest BCUT2D eigenvalue weighted by Crippen LogP contribution is -2.45. The van der Waals surface area contributed by atoms with Crippen molar-refractivity contribution in [1.29, 1.82) is 0 Å². The van der Waals surface area contributed by atoms with Crippen LogP contribution in [0.2, 0.25) is 0 Å². The second kappa shape index (κ2) is 7.03. The van der Waals surface area contributed by atoms with Crippen LogP contribution < -0.4 is 0 Å². The van der Waals surface area contributed by atoms with Crippen LogP contribution in [0.25, 0.3) is 0 Å². The van der Waals surface area contributed by atoms with Crippen LogP contribution in [0, 0.1) is 6.92 Å². The summed E-state index contributed by atoms with van der Waals surface area (Å²) in [6, 6.07) is 12.1. The highest BCUT2D eigenvalue weighted by Gasteiger charge is 2.38. The monoisotopic (exact) mass is 326 g/mol. The molecule has 24 heavy (non-hydrogen) atoms. The number of aromatic nitrogens is 2. The van der Waals surface area contributed by atoms with Crippen molar-refractivity contribution in [1.82, 2.24) is 19.9 Å². The first-order valence-electron chi connectivity index (χ1n) is 9.11. The van der Waals surface area contributed by atoms with Gasteiger partial charge in [0.25, 0.3) is 0 Å².